The molecule has 1 amide bonds. The Morgan fingerprint density at radius 1 is 1.20 bits per heavy atom. The summed E-state index contributed by atoms with van der Waals surface area (Å²) in [5.41, 5.74) is 2.76. The van der Waals surface area contributed by atoms with Crippen molar-refractivity contribution in [3.8, 4) is 0 Å². The van der Waals surface area contributed by atoms with E-state index in [9.17, 15) is 4.79 Å². The number of aromatic nitrogens is 3. The molecular formula is C19H21N5O. The zero-order valence-corrected chi connectivity index (χ0v) is 14.2. The van der Waals surface area contributed by atoms with E-state index in [2.05, 4.69) is 20.3 Å². The first-order chi connectivity index (χ1) is 12.2. The van der Waals surface area contributed by atoms with E-state index in [0.29, 0.717) is 6.04 Å². The summed E-state index contributed by atoms with van der Waals surface area (Å²) in [7, 11) is 0. The Labute approximate surface area is 146 Å². The number of benzene rings is 1. The van der Waals surface area contributed by atoms with Gasteiger partial charge in [0.15, 0.2) is 0 Å². The third-order valence-electron chi connectivity index (χ3n) is 4.74. The van der Waals surface area contributed by atoms with Crippen molar-refractivity contribution in [1.82, 2.24) is 19.9 Å². The summed E-state index contributed by atoms with van der Waals surface area (Å²) in [5, 5.41) is 4.52. The number of hydrogen-bond acceptors (Lipinski definition) is 4. The first-order valence-corrected chi connectivity index (χ1v) is 8.61. The second-order valence-corrected chi connectivity index (χ2v) is 6.54. The maximum Gasteiger partial charge on any atom is 0.253 e. The van der Waals surface area contributed by atoms with Gasteiger partial charge in [-0.25, -0.2) is 9.97 Å². The number of carbonyl (C=O) groups excluding carboxylic acids is 1. The SMILES string of the molecule is Cc1cc(NC2CCN(C(=O)c3ccc4[nH]ccc4c3)CC2)ncn1. The van der Waals surface area contributed by atoms with E-state index >= 15 is 0 Å². The minimum atomic E-state index is 0.111. The molecule has 6 heteroatoms. The Hall–Kier alpha value is -2.89. The summed E-state index contributed by atoms with van der Waals surface area (Å²) in [6, 6.07) is 10.1. The Bertz CT molecular complexity index is 895. The van der Waals surface area contributed by atoms with Crippen LogP contribution < -0.4 is 5.32 Å². The van der Waals surface area contributed by atoms with E-state index in [1.807, 2.05) is 48.4 Å². The molecule has 3 heterocycles. The lowest BCUT2D eigenvalue weighted by atomic mass is 10.0. The highest BCUT2D eigenvalue weighted by Gasteiger charge is 2.24. The number of rotatable bonds is 3. The van der Waals surface area contributed by atoms with Crippen molar-refractivity contribution >= 4 is 22.6 Å². The minimum absolute atomic E-state index is 0.111. The van der Waals surface area contributed by atoms with Crippen LogP contribution in [0.5, 0.6) is 0 Å². The molecular weight excluding hydrogens is 314 g/mol. The fraction of sp³-hybridized carbons (Fsp3) is 0.316. The van der Waals surface area contributed by atoms with Gasteiger partial charge in [0, 0.05) is 53.6 Å². The molecule has 1 aromatic carbocycles. The number of nitrogens with zero attached hydrogens (tertiary/aromatic N) is 3. The number of carbonyl (C=O) groups is 1. The van der Waals surface area contributed by atoms with Gasteiger partial charge < -0.3 is 15.2 Å². The number of aromatic amines is 1. The molecule has 1 saturated heterocycles. The van der Waals surface area contributed by atoms with Crippen LogP contribution in [0.25, 0.3) is 10.9 Å². The van der Waals surface area contributed by atoms with Crippen molar-refractivity contribution in [2.24, 2.45) is 0 Å². The number of hydrogen-bond donors (Lipinski definition) is 2. The van der Waals surface area contributed by atoms with Gasteiger partial charge in [0.25, 0.3) is 5.91 Å². The highest BCUT2D eigenvalue weighted by Crippen LogP contribution is 2.20. The van der Waals surface area contributed by atoms with Gasteiger partial charge in [0.05, 0.1) is 0 Å². The number of piperidine rings is 1. The third-order valence-corrected chi connectivity index (χ3v) is 4.74. The average Bonchev–Trinajstić information content (AvgIpc) is 3.09. The lowest BCUT2D eigenvalue weighted by Gasteiger charge is -2.32. The van der Waals surface area contributed by atoms with Crippen LogP contribution >= 0.6 is 0 Å². The normalized spacial score (nSPS) is 15.5. The zero-order valence-electron chi connectivity index (χ0n) is 14.2. The number of aryl methyl sites for hydroxylation is 1. The molecule has 0 bridgehead atoms. The zero-order chi connectivity index (χ0) is 17.2. The van der Waals surface area contributed by atoms with Crippen LogP contribution in [0.15, 0.2) is 42.9 Å². The molecule has 1 aliphatic rings. The highest BCUT2D eigenvalue weighted by molar-refractivity contribution is 5.98. The number of anilines is 1. The number of H-pyrrole nitrogens is 1. The first-order valence-electron chi connectivity index (χ1n) is 8.61. The second kappa shape index (κ2) is 6.55. The molecule has 2 N–H and O–H groups in total. The predicted octanol–water partition coefficient (Wildman–Crippen LogP) is 2.98. The summed E-state index contributed by atoms with van der Waals surface area (Å²) in [6.07, 6.45) is 5.31. The van der Waals surface area contributed by atoms with Crippen molar-refractivity contribution in [3.05, 3.63) is 54.1 Å². The molecule has 1 aliphatic heterocycles. The summed E-state index contributed by atoms with van der Waals surface area (Å²) < 4.78 is 0. The molecule has 2 aromatic heterocycles. The van der Waals surface area contributed by atoms with Gasteiger partial charge in [0.2, 0.25) is 0 Å². The minimum Gasteiger partial charge on any atom is -0.367 e. The van der Waals surface area contributed by atoms with Crippen LogP contribution in [0.2, 0.25) is 0 Å². The summed E-state index contributed by atoms with van der Waals surface area (Å²) >= 11 is 0. The van der Waals surface area contributed by atoms with Gasteiger partial charge in [-0.2, -0.15) is 0 Å². The molecule has 128 valence electrons. The number of amides is 1. The molecule has 4 rings (SSSR count). The first kappa shape index (κ1) is 15.6. The predicted molar refractivity (Wildman–Crippen MR) is 97.6 cm³/mol. The lowest BCUT2D eigenvalue weighted by Crippen LogP contribution is -2.42. The topological polar surface area (TPSA) is 73.9 Å². The Kier molecular flexibility index (Phi) is 4.09. The van der Waals surface area contributed by atoms with E-state index in [-0.39, 0.29) is 5.91 Å². The standard InChI is InChI=1S/C19H21N5O/c1-13-10-18(22-12-21-13)23-16-5-8-24(9-6-16)19(25)15-2-3-17-14(11-15)4-7-20-17/h2-4,7,10-12,16,20H,5-6,8-9H2,1H3,(H,21,22,23). The molecule has 1 fully saturated rings. The van der Waals surface area contributed by atoms with Crippen LogP contribution in [0.1, 0.15) is 28.9 Å². The summed E-state index contributed by atoms with van der Waals surface area (Å²) in [6.45, 7) is 3.47. The van der Waals surface area contributed by atoms with E-state index in [4.69, 9.17) is 0 Å². The molecule has 3 aromatic rings. The van der Waals surface area contributed by atoms with E-state index in [0.717, 1.165) is 53.9 Å². The van der Waals surface area contributed by atoms with Crippen LogP contribution in [0.3, 0.4) is 0 Å². The molecule has 0 spiro atoms. The van der Waals surface area contributed by atoms with Crippen molar-refractivity contribution < 1.29 is 4.79 Å². The van der Waals surface area contributed by atoms with Crippen LogP contribution in [0, 0.1) is 6.92 Å². The van der Waals surface area contributed by atoms with Crippen molar-refractivity contribution in [3.63, 3.8) is 0 Å². The maximum atomic E-state index is 12.7. The smallest absolute Gasteiger partial charge is 0.253 e. The van der Waals surface area contributed by atoms with Gasteiger partial charge >= 0.3 is 0 Å². The molecule has 0 aliphatic carbocycles. The van der Waals surface area contributed by atoms with E-state index < -0.39 is 0 Å². The Morgan fingerprint density at radius 3 is 2.84 bits per heavy atom. The Balaban J connectivity index is 1.38. The highest BCUT2D eigenvalue weighted by atomic mass is 16.2. The number of fused-ring (bicyclic) bond motifs is 1. The monoisotopic (exact) mass is 335 g/mol. The van der Waals surface area contributed by atoms with Gasteiger partial charge in [-0.3, -0.25) is 4.79 Å². The quantitative estimate of drug-likeness (QED) is 0.772. The lowest BCUT2D eigenvalue weighted by molar-refractivity contribution is 0.0718. The molecule has 0 radical (unpaired) electrons. The average molecular weight is 335 g/mol. The van der Waals surface area contributed by atoms with Crippen molar-refractivity contribution in [2.45, 2.75) is 25.8 Å². The van der Waals surface area contributed by atoms with E-state index in [1.54, 1.807) is 6.33 Å². The molecule has 0 atom stereocenters. The molecule has 0 unspecified atom stereocenters. The van der Waals surface area contributed by atoms with E-state index in [1.165, 1.54) is 0 Å². The van der Waals surface area contributed by atoms with Crippen molar-refractivity contribution in [1.29, 1.82) is 0 Å². The van der Waals surface area contributed by atoms with Gasteiger partial charge in [-0.15, -0.1) is 0 Å². The Morgan fingerprint density at radius 2 is 2.04 bits per heavy atom. The second-order valence-electron chi connectivity index (χ2n) is 6.54. The van der Waals surface area contributed by atoms with Crippen LogP contribution in [0.4, 0.5) is 5.82 Å². The fourth-order valence-corrected chi connectivity index (χ4v) is 3.34. The molecule has 6 nitrogen and oxygen atoms in total. The van der Waals surface area contributed by atoms with Gasteiger partial charge in [0.1, 0.15) is 12.1 Å². The molecule has 25 heavy (non-hydrogen) atoms. The maximum absolute atomic E-state index is 12.7. The number of likely N-dealkylation sites (tertiary alicyclic amines) is 1. The summed E-state index contributed by atoms with van der Waals surface area (Å²) in [4.78, 5) is 26.2. The van der Waals surface area contributed by atoms with Crippen LogP contribution in [-0.4, -0.2) is 44.9 Å². The third kappa shape index (κ3) is 3.33. The van der Waals surface area contributed by atoms with Gasteiger partial charge in [-0.05, 0) is 44.0 Å². The summed E-state index contributed by atoms with van der Waals surface area (Å²) in [5.74, 6) is 0.967. The van der Waals surface area contributed by atoms with Crippen LogP contribution in [-0.2, 0) is 0 Å². The largest absolute Gasteiger partial charge is 0.367 e. The number of nitrogens with one attached hydrogen (secondary N) is 2. The van der Waals surface area contributed by atoms with Gasteiger partial charge in [-0.1, -0.05) is 0 Å². The fourth-order valence-electron chi connectivity index (χ4n) is 3.34. The molecule has 0 saturated carbocycles. The van der Waals surface area contributed by atoms with Crippen molar-refractivity contribution in [2.75, 3.05) is 18.4 Å².